The van der Waals surface area contributed by atoms with Crippen molar-refractivity contribution in [3.05, 3.63) is 82.4 Å². The summed E-state index contributed by atoms with van der Waals surface area (Å²) in [5.74, 6) is -6.21. The topological polar surface area (TPSA) is 300 Å². The van der Waals surface area contributed by atoms with Gasteiger partial charge in [-0.3, -0.25) is 0 Å². The van der Waals surface area contributed by atoms with Crippen LogP contribution in [0.3, 0.4) is 0 Å². The number of aliphatic hydroxyl groups excluding tert-OH is 5. The number of benzene rings is 4. The molecule has 17 nitrogen and oxygen atoms in total. The highest BCUT2D eigenvalue weighted by Crippen LogP contribution is 2.58. The van der Waals surface area contributed by atoms with E-state index in [4.69, 9.17) is 18.9 Å². The van der Waals surface area contributed by atoms with Gasteiger partial charge in [0.25, 0.3) is 0 Å². The summed E-state index contributed by atoms with van der Waals surface area (Å²) in [6.45, 7) is -0.815. The Morgan fingerprint density at radius 1 is 0.604 bits per heavy atom. The molecule has 4 aromatic carbocycles. The number of phenolic OH excluding ortho intramolecular Hbond substituents is 8. The van der Waals surface area contributed by atoms with Crippen molar-refractivity contribution in [1.82, 2.24) is 0 Å². The summed E-state index contributed by atoms with van der Waals surface area (Å²) >= 11 is 0. The van der Waals surface area contributed by atoms with Crippen molar-refractivity contribution in [3.8, 4) is 57.5 Å². The number of rotatable bonds is 6. The average molecular weight is 741 g/mol. The van der Waals surface area contributed by atoms with Crippen LogP contribution < -0.4 is 9.47 Å². The van der Waals surface area contributed by atoms with Crippen LogP contribution in [0, 0.1) is 0 Å². The summed E-state index contributed by atoms with van der Waals surface area (Å²) in [6.07, 6.45) is -14.9. The minimum atomic E-state index is -1.96. The maximum Gasteiger partial charge on any atom is 0.187 e. The first-order chi connectivity index (χ1) is 25.2. The largest absolute Gasteiger partial charge is 0.508 e. The molecule has 0 unspecified atom stereocenters. The monoisotopic (exact) mass is 740 g/mol. The summed E-state index contributed by atoms with van der Waals surface area (Å²) in [4.78, 5) is 0. The summed E-state index contributed by atoms with van der Waals surface area (Å²) in [5.41, 5.74) is -0.0891. The second-order valence-electron chi connectivity index (χ2n) is 13.1. The first-order valence-corrected chi connectivity index (χ1v) is 16.3. The number of phenols is 8. The molecule has 0 aromatic heterocycles. The lowest BCUT2D eigenvalue weighted by molar-refractivity contribution is -0.318. The molecular formula is C36H36O17. The van der Waals surface area contributed by atoms with Crippen LogP contribution in [-0.2, 0) is 15.9 Å². The lowest BCUT2D eigenvalue weighted by atomic mass is 9.77. The lowest BCUT2D eigenvalue weighted by Gasteiger charge is -2.46. The molecule has 0 spiro atoms. The molecule has 53 heavy (non-hydrogen) atoms. The molecule has 0 radical (unpaired) electrons. The van der Waals surface area contributed by atoms with E-state index < -0.39 is 114 Å². The first-order valence-electron chi connectivity index (χ1n) is 16.3. The minimum Gasteiger partial charge on any atom is -0.508 e. The summed E-state index contributed by atoms with van der Waals surface area (Å²) < 4.78 is 24.6. The lowest BCUT2D eigenvalue weighted by Crippen LogP contribution is -2.60. The van der Waals surface area contributed by atoms with Crippen LogP contribution in [0.25, 0.3) is 0 Å². The van der Waals surface area contributed by atoms with E-state index in [9.17, 15) is 66.4 Å². The normalized spacial score (nSPS) is 29.4. The Labute approximate surface area is 299 Å². The molecule has 1 fully saturated rings. The van der Waals surface area contributed by atoms with Crippen molar-refractivity contribution in [2.75, 3.05) is 6.61 Å². The highest BCUT2D eigenvalue weighted by Gasteiger charge is 2.52. The van der Waals surface area contributed by atoms with Gasteiger partial charge in [-0.05, 0) is 35.4 Å². The van der Waals surface area contributed by atoms with Crippen molar-refractivity contribution < 1.29 is 85.3 Å². The first kappa shape index (κ1) is 36.0. The maximum absolute atomic E-state index is 11.7. The predicted molar refractivity (Wildman–Crippen MR) is 176 cm³/mol. The molecule has 282 valence electrons. The predicted octanol–water partition coefficient (Wildman–Crippen LogP) is 0.819. The van der Waals surface area contributed by atoms with Gasteiger partial charge in [0.2, 0.25) is 0 Å². The van der Waals surface area contributed by atoms with Crippen molar-refractivity contribution in [2.45, 2.75) is 67.5 Å². The summed E-state index contributed by atoms with van der Waals surface area (Å²) in [6, 6.07) is 10.3. The second-order valence-corrected chi connectivity index (χ2v) is 13.1. The van der Waals surface area contributed by atoms with Gasteiger partial charge in [-0.2, -0.15) is 0 Å². The van der Waals surface area contributed by atoms with E-state index >= 15 is 0 Å². The molecule has 10 atom stereocenters. The van der Waals surface area contributed by atoms with Gasteiger partial charge in [-0.15, -0.1) is 0 Å². The van der Waals surface area contributed by atoms with Gasteiger partial charge >= 0.3 is 0 Å². The Bertz CT molecular complexity index is 2030. The Hall–Kier alpha value is -5.40. The number of aliphatic hydroxyl groups is 5. The van der Waals surface area contributed by atoms with Crippen molar-refractivity contribution in [2.24, 2.45) is 0 Å². The molecule has 3 aliphatic heterocycles. The fourth-order valence-corrected chi connectivity index (χ4v) is 7.17. The number of ether oxygens (including phenoxy) is 4. The van der Waals surface area contributed by atoms with E-state index in [0.717, 1.165) is 36.4 Å². The van der Waals surface area contributed by atoms with E-state index in [0.29, 0.717) is 0 Å². The Balaban J connectivity index is 1.46. The number of aromatic hydroxyl groups is 8. The van der Waals surface area contributed by atoms with Crippen molar-refractivity contribution in [1.29, 1.82) is 0 Å². The van der Waals surface area contributed by atoms with E-state index in [-0.39, 0.29) is 45.7 Å². The standard InChI is InChI=1S/C36H36O17/c37-11-25-29(47)30(48)31(49)36(51-25)53-35-28(26-21(44)7-14(38)8-24(26)50-33(35)13-2-4-17(40)20(43)6-13)27-22(45)10-18(41)15-9-23(46)32(52-34(15)27)12-1-3-16(39)19(42)5-12/h1-8,10,23,25,28-33,35-49H,9,11H2/t23-,25+,28+,29+,30-,31+,32-,33+,35+,36+/m0/s1. The Morgan fingerprint density at radius 3 is 1.85 bits per heavy atom. The third-order valence-electron chi connectivity index (χ3n) is 9.79. The van der Waals surface area contributed by atoms with E-state index in [1.807, 2.05) is 0 Å². The molecule has 0 amide bonds. The van der Waals surface area contributed by atoms with Gasteiger partial charge in [-0.1, -0.05) is 12.1 Å². The molecule has 1 saturated heterocycles. The molecule has 13 N–H and O–H groups in total. The number of hydrogen-bond acceptors (Lipinski definition) is 17. The Morgan fingerprint density at radius 2 is 1.23 bits per heavy atom. The molecule has 4 aromatic rings. The molecule has 3 aliphatic rings. The van der Waals surface area contributed by atoms with Gasteiger partial charge in [0.05, 0.1) is 18.6 Å². The Kier molecular flexibility index (Phi) is 9.19. The van der Waals surface area contributed by atoms with Crippen LogP contribution in [0.15, 0.2) is 54.6 Å². The second kappa shape index (κ2) is 13.5. The van der Waals surface area contributed by atoms with Crippen LogP contribution >= 0.6 is 0 Å². The third-order valence-corrected chi connectivity index (χ3v) is 9.79. The van der Waals surface area contributed by atoms with Crippen LogP contribution in [-0.4, -0.2) is 116 Å². The van der Waals surface area contributed by atoms with E-state index in [2.05, 4.69) is 0 Å². The van der Waals surface area contributed by atoms with E-state index in [1.54, 1.807) is 0 Å². The molecule has 17 heteroatoms. The number of fused-ring (bicyclic) bond motifs is 2. The fourth-order valence-electron chi connectivity index (χ4n) is 7.17. The van der Waals surface area contributed by atoms with Gasteiger partial charge in [0.15, 0.2) is 35.4 Å². The average Bonchev–Trinajstić information content (AvgIpc) is 3.11. The smallest absolute Gasteiger partial charge is 0.187 e. The molecule has 3 heterocycles. The van der Waals surface area contributed by atoms with Crippen LogP contribution in [0.1, 0.15) is 45.9 Å². The fraction of sp³-hybridized carbons (Fsp3) is 0.333. The summed E-state index contributed by atoms with van der Waals surface area (Å²) in [7, 11) is 0. The zero-order chi connectivity index (χ0) is 38.0. The third kappa shape index (κ3) is 6.17. The molecule has 0 aliphatic carbocycles. The highest BCUT2D eigenvalue weighted by molar-refractivity contribution is 5.66. The van der Waals surface area contributed by atoms with Gasteiger partial charge < -0.3 is 85.3 Å². The van der Waals surface area contributed by atoms with Crippen LogP contribution in [0.5, 0.6) is 57.5 Å². The van der Waals surface area contributed by atoms with Gasteiger partial charge in [0.1, 0.15) is 71.1 Å². The zero-order valence-corrected chi connectivity index (χ0v) is 27.3. The SMILES string of the molecule is OC[C@H]1O[C@H](O[C@@H]2[C@@H](c3c(O)cc(O)c4c3O[C@@H](c3ccc(O)c(O)c3)[C@@H](O)C4)c3c(O)cc(O)cc3O[C@@H]2c2ccc(O)c(O)c2)[C@H](O)[C@@H](O)[C@@H]1O. The highest BCUT2D eigenvalue weighted by atomic mass is 16.7. The quantitative estimate of drug-likeness (QED) is 0.122. The van der Waals surface area contributed by atoms with Gasteiger partial charge in [0, 0.05) is 41.3 Å². The molecule has 0 saturated carbocycles. The van der Waals surface area contributed by atoms with Crippen LogP contribution in [0.4, 0.5) is 0 Å². The van der Waals surface area contributed by atoms with Gasteiger partial charge in [-0.25, -0.2) is 0 Å². The van der Waals surface area contributed by atoms with Crippen molar-refractivity contribution >= 4 is 0 Å². The number of hydrogen-bond donors (Lipinski definition) is 13. The van der Waals surface area contributed by atoms with E-state index in [1.165, 1.54) is 18.2 Å². The molecule has 0 bridgehead atoms. The minimum absolute atomic E-state index is 0.0127. The molecule has 7 rings (SSSR count). The molecular weight excluding hydrogens is 704 g/mol. The summed E-state index contributed by atoms with van der Waals surface area (Å²) in [5, 5.41) is 138. The maximum atomic E-state index is 11.7. The van der Waals surface area contributed by atoms with Crippen molar-refractivity contribution in [3.63, 3.8) is 0 Å². The zero-order valence-electron chi connectivity index (χ0n) is 27.3. The van der Waals surface area contributed by atoms with Crippen LogP contribution in [0.2, 0.25) is 0 Å².